The van der Waals surface area contributed by atoms with Crippen molar-refractivity contribution in [3.8, 4) is 5.75 Å². The number of hydrogen-bond donors (Lipinski definition) is 0. The van der Waals surface area contributed by atoms with Crippen LogP contribution in [0.4, 0.5) is 4.39 Å². The molecule has 2 aromatic heterocycles. The van der Waals surface area contributed by atoms with Gasteiger partial charge in [0.2, 0.25) is 0 Å². The van der Waals surface area contributed by atoms with Crippen molar-refractivity contribution in [1.82, 2.24) is 19.5 Å². The Morgan fingerprint density at radius 1 is 1.09 bits per heavy atom. The molecule has 0 N–H and O–H groups in total. The third-order valence-corrected chi connectivity index (χ3v) is 5.61. The Bertz CT molecular complexity index is 1220. The lowest BCUT2D eigenvalue weighted by molar-refractivity contribution is 0.0731. The van der Waals surface area contributed by atoms with Crippen molar-refractivity contribution in [2.45, 2.75) is 31.8 Å². The molecule has 162 valence electrons. The van der Waals surface area contributed by atoms with E-state index in [1.807, 2.05) is 29.2 Å². The fraction of sp³-hybridized carbons (Fsp3) is 0.240. The maximum absolute atomic E-state index is 13.3. The number of amides is 1. The van der Waals surface area contributed by atoms with Crippen LogP contribution in [0.3, 0.4) is 0 Å². The Morgan fingerprint density at radius 2 is 1.84 bits per heavy atom. The van der Waals surface area contributed by atoms with Gasteiger partial charge in [-0.25, -0.2) is 13.9 Å². The summed E-state index contributed by atoms with van der Waals surface area (Å²) in [6, 6.07) is 16.3. The van der Waals surface area contributed by atoms with Crippen molar-refractivity contribution in [1.29, 1.82) is 0 Å². The lowest BCUT2D eigenvalue weighted by Crippen LogP contribution is -2.32. The second kappa shape index (κ2) is 8.78. The third kappa shape index (κ3) is 4.46. The van der Waals surface area contributed by atoms with Gasteiger partial charge in [0.25, 0.3) is 5.91 Å². The van der Waals surface area contributed by atoms with E-state index in [-0.39, 0.29) is 17.8 Å². The number of rotatable bonds is 8. The summed E-state index contributed by atoms with van der Waals surface area (Å²) in [4.78, 5) is 19.5. The van der Waals surface area contributed by atoms with E-state index in [0.29, 0.717) is 30.8 Å². The summed E-state index contributed by atoms with van der Waals surface area (Å²) in [5, 5.41) is 4.25. The molecule has 0 saturated heterocycles. The van der Waals surface area contributed by atoms with Crippen LogP contribution in [-0.4, -0.2) is 38.1 Å². The number of carbonyl (C=O) groups is 1. The zero-order valence-corrected chi connectivity index (χ0v) is 17.5. The molecule has 2 aromatic carbocycles. The molecular formula is C25H23FN4O2. The zero-order chi connectivity index (χ0) is 21.9. The van der Waals surface area contributed by atoms with Gasteiger partial charge in [-0.1, -0.05) is 24.3 Å². The molecule has 0 atom stereocenters. The average molecular weight is 430 g/mol. The van der Waals surface area contributed by atoms with Crippen molar-refractivity contribution >= 4 is 11.6 Å². The molecule has 0 bridgehead atoms. The first-order valence-electron chi connectivity index (χ1n) is 10.7. The highest BCUT2D eigenvalue weighted by atomic mass is 19.1. The molecule has 1 aliphatic rings. The highest BCUT2D eigenvalue weighted by Gasteiger charge is 2.34. The number of hydrogen-bond acceptors (Lipinski definition) is 4. The highest BCUT2D eigenvalue weighted by molar-refractivity contribution is 5.99. The molecule has 6 nitrogen and oxygen atoms in total. The van der Waals surface area contributed by atoms with E-state index in [0.717, 1.165) is 29.7 Å². The van der Waals surface area contributed by atoms with E-state index in [4.69, 9.17) is 4.74 Å². The van der Waals surface area contributed by atoms with E-state index in [1.54, 1.807) is 41.3 Å². The van der Waals surface area contributed by atoms with Gasteiger partial charge < -0.3 is 9.64 Å². The van der Waals surface area contributed by atoms with Crippen LogP contribution >= 0.6 is 0 Å². The lowest BCUT2D eigenvalue weighted by atomic mass is 10.1. The standard InChI is InChI=1S/C25H23FN4O2/c26-20-6-2-18(3-7-20)12-15-32-22-10-4-19(5-11-22)17-29(21-8-9-21)25(31)23-16-28-30-14-1-13-27-24(23)30/h1-7,10-11,13-14,16,21H,8-9,12,15,17H2. The molecule has 0 radical (unpaired) electrons. The molecule has 1 aliphatic carbocycles. The minimum absolute atomic E-state index is 0.0409. The van der Waals surface area contributed by atoms with Crippen LogP contribution in [0, 0.1) is 5.82 Å². The number of aromatic nitrogens is 3. The molecule has 0 spiro atoms. The molecule has 0 aliphatic heterocycles. The first kappa shape index (κ1) is 20.2. The maximum atomic E-state index is 13.3. The summed E-state index contributed by atoms with van der Waals surface area (Å²) in [5.41, 5.74) is 3.18. The number of ether oxygens (including phenoxy) is 1. The van der Waals surface area contributed by atoms with E-state index < -0.39 is 0 Å². The number of benzene rings is 2. The SMILES string of the molecule is O=C(c1cnn2cccnc12)N(Cc1ccc(OCCc2ccc(F)cc2)cc1)C1CC1. The van der Waals surface area contributed by atoms with Gasteiger partial charge in [-0.3, -0.25) is 4.79 Å². The monoisotopic (exact) mass is 430 g/mol. The molecule has 1 amide bonds. The Hall–Kier alpha value is -3.74. The Balaban J connectivity index is 1.22. The number of nitrogens with zero attached hydrogens (tertiary/aromatic N) is 4. The second-order valence-corrected chi connectivity index (χ2v) is 7.98. The summed E-state index contributed by atoms with van der Waals surface area (Å²) in [5.74, 6) is 0.495. The van der Waals surface area contributed by atoms with Crippen molar-refractivity contribution < 1.29 is 13.9 Å². The first-order chi connectivity index (χ1) is 15.7. The molecule has 5 rings (SSSR count). The normalized spacial score (nSPS) is 13.3. The predicted molar refractivity (Wildman–Crippen MR) is 118 cm³/mol. The molecule has 1 saturated carbocycles. The average Bonchev–Trinajstić information content (AvgIpc) is 3.57. The van der Waals surface area contributed by atoms with Crippen molar-refractivity contribution in [3.05, 3.63) is 95.7 Å². The smallest absolute Gasteiger partial charge is 0.259 e. The summed E-state index contributed by atoms with van der Waals surface area (Å²) in [6.45, 7) is 1.04. The Morgan fingerprint density at radius 3 is 2.59 bits per heavy atom. The Labute approximate surface area is 185 Å². The summed E-state index contributed by atoms with van der Waals surface area (Å²) >= 11 is 0. The zero-order valence-electron chi connectivity index (χ0n) is 17.5. The van der Waals surface area contributed by atoms with Crippen LogP contribution in [0.1, 0.15) is 34.3 Å². The lowest BCUT2D eigenvalue weighted by Gasteiger charge is -2.22. The molecular weight excluding hydrogens is 407 g/mol. The van der Waals surface area contributed by atoms with Crippen molar-refractivity contribution in [2.24, 2.45) is 0 Å². The largest absolute Gasteiger partial charge is 0.493 e. The number of carbonyl (C=O) groups excluding carboxylic acids is 1. The molecule has 0 unspecified atom stereocenters. The van der Waals surface area contributed by atoms with Gasteiger partial charge >= 0.3 is 0 Å². The van der Waals surface area contributed by atoms with Gasteiger partial charge in [0.15, 0.2) is 5.65 Å². The van der Waals surface area contributed by atoms with Crippen LogP contribution in [0.15, 0.2) is 73.2 Å². The van der Waals surface area contributed by atoms with Crippen LogP contribution < -0.4 is 4.74 Å². The van der Waals surface area contributed by atoms with E-state index in [2.05, 4.69) is 10.1 Å². The molecule has 7 heteroatoms. The molecule has 2 heterocycles. The topological polar surface area (TPSA) is 59.7 Å². The predicted octanol–water partition coefficient (Wildman–Crippen LogP) is 4.29. The van der Waals surface area contributed by atoms with Gasteiger partial charge in [-0.15, -0.1) is 0 Å². The van der Waals surface area contributed by atoms with Crippen molar-refractivity contribution in [3.63, 3.8) is 0 Å². The van der Waals surface area contributed by atoms with E-state index in [9.17, 15) is 9.18 Å². The third-order valence-electron chi connectivity index (χ3n) is 5.61. The van der Waals surface area contributed by atoms with Gasteiger partial charge in [0, 0.05) is 31.4 Å². The van der Waals surface area contributed by atoms with Gasteiger partial charge in [0.05, 0.1) is 12.8 Å². The molecule has 4 aromatic rings. The van der Waals surface area contributed by atoms with Gasteiger partial charge in [-0.2, -0.15) is 5.10 Å². The summed E-state index contributed by atoms with van der Waals surface area (Å²) in [7, 11) is 0. The maximum Gasteiger partial charge on any atom is 0.259 e. The quantitative estimate of drug-likeness (QED) is 0.418. The van der Waals surface area contributed by atoms with Crippen LogP contribution in [0.2, 0.25) is 0 Å². The molecule has 1 fully saturated rings. The number of fused-ring (bicyclic) bond motifs is 1. The number of halogens is 1. The fourth-order valence-electron chi connectivity index (χ4n) is 3.71. The minimum Gasteiger partial charge on any atom is -0.493 e. The summed E-state index contributed by atoms with van der Waals surface area (Å²) in [6.07, 6.45) is 7.79. The van der Waals surface area contributed by atoms with Crippen LogP contribution in [-0.2, 0) is 13.0 Å². The summed E-state index contributed by atoms with van der Waals surface area (Å²) < 4.78 is 20.4. The van der Waals surface area contributed by atoms with Crippen molar-refractivity contribution in [2.75, 3.05) is 6.61 Å². The van der Waals surface area contributed by atoms with Crippen LogP contribution in [0.25, 0.3) is 5.65 Å². The highest BCUT2D eigenvalue weighted by Crippen LogP contribution is 2.30. The Kier molecular flexibility index (Phi) is 5.54. The second-order valence-electron chi connectivity index (χ2n) is 7.98. The van der Waals surface area contributed by atoms with E-state index in [1.165, 1.54) is 12.1 Å². The van der Waals surface area contributed by atoms with Gasteiger partial charge in [-0.05, 0) is 54.3 Å². The van der Waals surface area contributed by atoms with Gasteiger partial charge in [0.1, 0.15) is 17.1 Å². The molecule has 32 heavy (non-hydrogen) atoms. The first-order valence-corrected chi connectivity index (χ1v) is 10.7. The van der Waals surface area contributed by atoms with E-state index >= 15 is 0 Å². The minimum atomic E-state index is -0.234. The fourth-order valence-corrected chi connectivity index (χ4v) is 3.71. The van der Waals surface area contributed by atoms with Crippen LogP contribution in [0.5, 0.6) is 5.75 Å².